The Morgan fingerprint density at radius 3 is 2.33 bits per heavy atom. The maximum Gasteiger partial charge on any atom is 0.233 e. The third-order valence-corrected chi connectivity index (χ3v) is 9.36. The van der Waals surface area contributed by atoms with E-state index in [9.17, 15) is 14.0 Å². The molecule has 1 aliphatic carbocycles. The molecule has 3 fully saturated rings. The van der Waals surface area contributed by atoms with Crippen molar-refractivity contribution in [2.45, 2.75) is 57.3 Å². The topological polar surface area (TPSA) is 59.1 Å². The molecular weight excluding hydrogens is 519 g/mol. The molecule has 2 saturated heterocycles. The van der Waals surface area contributed by atoms with Crippen molar-refractivity contribution in [2.24, 2.45) is 5.41 Å². The summed E-state index contributed by atoms with van der Waals surface area (Å²) in [6.45, 7) is 5.67. The molecule has 3 aliphatic rings. The average molecular weight is 557 g/mol. The zero-order valence-electron chi connectivity index (χ0n) is 22.7. The second-order valence-corrected chi connectivity index (χ2v) is 11.8. The highest BCUT2D eigenvalue weighted by Crippen LogP contribution is 2.45. The summed E-state index contributed by atoms with van der Waals surface area (Å²) in [5.41, 5.74) is 0.253. The Kier molecular flexibility index (Phi) is 8.48. The minimum Gasteiger partial charge on any atom is -0.493 e. The number of morpholine rings is 1. The van der Waals surface area contributed by atoms with Crippen LogP contribution in [0.5, 0.6) is 5.75 Å². The molecule has 8 heteroatoms. The number of benzene rings is 2. The Morgan fingerprint density at radius 1 is 0.974 bits per heavy atom. The lowest BCUT2D eigenvalue weighted by molar-refractivity contribution is -0.143. The summed E-state index contributed by atoms with van der Waals surface area (Å²) in [5.74, 6) is 0.542. The smallest absolute Gasteiger partial charge is 0.233 e. The second kappa shape index (κ2) is 11.8. The lowest BCUT2D eigenvalue weighted by Gasteiger charge is -2.44. The number of halogens is 2. The van der Waals surface area contributed by atoms with E-state index >= 15 is 0 Å². The van der Waals surface area contributed by atoms with Crippen LogP contribution in [0.15, 0.2) is 42.5 Å². The zero-order chi connectivity index (χ0) is 27.5. The molecule has 6 nitrogen and oxygen atoms in total. The molecule has 0 bridgehead atoms. The van der Waals surface area contributed by atoms with Crippen molar-refractivity contribution >= 4 is 23.4 Å². The molecule has 2 heterocycles. The number of ether oxygens (including phenoxy) is 2. The Balaban J connectivity index is 1.33. The first-order valence-electron chi connectivity index (χ1n) is 14.1. The van der Waals surface area contributed by atoms with Crippen LogP contribution in [-0.2, 0) is 19.7 Å². The van der Waals surface area contributed by atoms with Gasteiger partial charge in [-0.1, -0.05) is 42.6 Å². The first-order valence-corrected chi connectivity index (χ1v) is 14.5. The van der Waals surface area contributed by atoms with E-state index in [2.05, 4.69) is 0 Å². The third-order valence-electron chi connectivity index (χ3n) is 8.93. The second-order valence-electron chi connectivity index (χ2n) is 11.4. The Bertz CT molecular complexity index is 1180. The van der Waals surface area contributed by atoms with Crippen LogP contribution >= 0.6 is 11.6 Å². The molecule has 2 aromatic carbocycles. The highest BCUT2D eigenvalue weighted by atomic mass is 35.5. The van der Waals surface area contributed by atoms with Crippen molar-refractivity contribution in [3.05, 3.63) is 64.4 Å². The Hall–Kier alpha value is -2.64. The average Bonchev–Trinajstić information content (AvgIpc) is 3.45. The summed E-state index contributed by atoms with van der Waals surface area (Å²) >= 11 is 6.20. The van der Waals surface area contributed by atoms with Gasteiger partial charge in [-0.15, -0.1) is 0 Å². The molecule has 5 rings (SSSR count). The number of carbonyl (C=O) groups is 2. The number of carbonyl (C=O) groups excluding carboxylic acids is 2. The molecule has 2 aromatic rings. The molecule has 1 saturated carbocycles. The van der Waals surface area contributed by atoms with E-state index in [1.54, 1.807) is 12.1 Å². The predicted molar refractivity (Wildman–Crippen MR) is 148 cm³/mol. The molecule has 2 amide bonds. The SMILES string of the molecule is Cc1cc(OCC2(CC(=O)N3CCOCC3)CCN(C(=O)C3(c4ccccc4F)CCCC3)CC2)ccc1Cl. The van der Waals surface area contributed by atoms with E-state index in [1.807, 2.05) is 41.0 Å². The van der Waals surface area contributed by atoms with Crippen LogP contribution in [0, 0.1) is 18.2 Å². The molecule has 0 aromatic heterocycles. The fourth-order valence-electron chi connectivity index (χ4n) is 6.47. The lowest BCUT2D eigenvalue weighted by atomic mass is 9.73. The molecule has 210 valence electrons. The van der Waals surface area contributed by atoms with E-state index in [1.165, 1.54) is 6.07 Å². The first kappa shape index (κ1) is 27.9. The largest absolute Gasteiger partial charge is 0.493 e. The number of aryl methyl sites for hydroxylation is 1. The Labute approximate surface area is 235 Å². The van der Waals surface area contributed by atoms with Gasteiger partial charge in [-0.2, -0.15) is 0 Å². The monoisotopic (exact) mass is 556 g/mol. The molecule has 0 atom stereocenters. The lowest BCUT2D eigenvalue weighted by Crippen LogP contribution is -2.53. The van der Waals surface area contributed by atoms with Crippen molar-refractivity contribution < 1.29 is 23.5 Å². The van der Waals surface area contributed by atoms with Gasteiger partial charge in [0.05, 0.1) is 25.2 Å². The van der Waals surface area contributed by atoms with Crippen LogP contribution in [0.2, 0.25) is 5.02 Å². The van der Waals surface area contributed by atoms with Gasteiger partial charge in [-0.3, -0.25) is 9.59 Å². The van der Waals surface area contributed by atoms with Gasteiger partial charge in [0.2, 0.25) is 11.8 Å². The highest BCUT2D eigenvalue weighted by Gasteiger charge is 2.48. The van der Waals surface area contributed by atoms with Crippen LogP contribution < -0.4 is 4.74 Å². The summed E-state index contributed by atoms with van der Waals surface area (Å²) < 4.78 is 26.6. The van der Waals surface area contributed by atoms with Gasteiger partial charge in [0.1, 0.15) is 11.6 Å². The van der Waals surface area contributed by atoms with E-state index in [0.29, 0.717) is 88.7 Å². The van der Waals surface area contributed by atoms with Crippen molar-refractivity contribution in [1.29, 1.82) is 0 Å². The van der Waals surface area contributed by atoms with Crippen LogP contribution in [0.25, 0.3) is 0 Å². The van der Waals surface area contributed by atoms with Crippen LogP contribution in [-0.4, -0.2) is 67.6 Å². The Morgan fingerprint density at radius 2 is 1.67 bits per heavy atom. The minimum atomic E-state index is -0.799. The number of amides is 2. The van der Waals surface area contributed by atoms with Crippen LogP contribution in [0.4, 0.5) is 4.39 Å². The number of hydrogen-bond donors (Lipinski definition) is 0. The normalized spacial score (nSPS) is 20.6. The van der Waals surface area contributed by atoms with Crippen molar-refractivity contribution in [3.63, 3.8) is 0 Å². The maximum absolute atomic E-state index is 14.9. The van der Waals surface area contributed by atoms with Gasteiger partial charge in [-0.05, 0) is 62.4 Å². The van der Waals surface area contributed by atoms with E-state index in [0.717, 1.165) is 24.2 Å². The standard InChI is InChI=1S/C31H38ClFN2O4/c1-23-20-24(8-9-26(23)32)39-22-30(21-28(36)34-16-18-38-19-17-34)12-14-35(15-13-30)29(37)31(10-4-5-11-31)25-6-2-3-7-27(25)33/h2-3,6-9,20H,4-5,10-19,21-22H2,1H3. The maximum atomic E-state index is 14.9. The van der Waals surface area contributed by atoms with Gasteiger partial charge < -0.3 is 19.3 Å². The predicted octanol–water partition coefficient (Wildman–Crippen LogP) is 5.54. The molecule has 0 spiro atoms. The van der Waals surface area contributed by atoms with Crippen LogP contribution in [0.1, 0.15) is 56.1 Å². The summed E-state index contributed by atoms with van der Waals surface area (Å²) in [7, 11) is 0. The summed E-state index contributed by atoms with van der Waals surface area (Å²) in [6, 6.07) is 12.3. The van der Waals surface area contributed by atoms with Gasteiger partial charge in [-0.25, -0.2) is 4.39 Å². The molecule has 0 unspecified atom stereocenters. The highest BCUT2D eigenvalue weighted by molar-refractivity contribution is 6.31. The van der Waals surface area contributed by atoms with E-state index in [4.69, 9.17) is 21.1 Å². The molecule has 39 heavy (non-hydrogen) atoms. The number of piperidine rings is 1. The zero-order valence-corrected chi connectivity index (χ0v) is 23.5. The molecular formula is C31H38ClFN2O4. The fraction of sp³-hybridized carbons (Fsp3) is 0.548. The number of nitrogens with zero attached hydrogens (tertiary/aromatic N) is 2. The fourth-order valence-corrected chi connectivity index (χ4v) is 6.59. The summed E-state index contributed by atoms with van der Waals surface area (Å²) in [4.78, 5) is 31.2. The van der Waals surface area contributed by atoms with Crippen molar-refractivity contribution in [1.82, 2.24) is 9.80 Å². The van der Waals surface area contributed by atoms with Gasteiger partial charge in [0, 0.05) is 48.6 Å². The minimum absolute atomic E-state index is 0.0208. The van der Waals surface area contributed by atoms with Crippen LogP contribution in [0.3, 0.4) is 0 Å². The first-order chi connectivity index (χ1) is 18.8. The number of hydrogen-bond acceptors (Lipinski definition) is 4. The van der Waals surface area contributed by atoms with Gasteiger partial charge >= 0.3 is 0 Å². The van der Waals surface area contributed by atoms with Gasteiger partial charge in [0.25, 0.3) is 0 Å². The van der Waals surface area contributed by atoms with E-state index < -0.39 is 10.8 Å². The quantitative estimate of drug-likeness (QED) is 0.449. The number of likely N-dealkylation sites (tertiary alicyclic amines) is 1. The molecule has 2 aliphatic heterocycles. The van der Waals surface area contributed by atoms with Crippen molar-refractivity contribution in [3.8, 4) is 5.75 Å². The van der Waals surface area contributed by atoms with Gasteiger partial charge in [0.15, 0.2) is 0 Å². The summed E-state index contributed by atoms with van der Waals surface area (Å²) in [5, 5.41) is 0.682. The summed E-state index contributed by atoms with van der Waals surface area (Å²) in [6.07, 6.45) is 4.83. The molecule has 0 N–H and O–H groups in total. The third kappa shape index (κ3) is 5.94. The molecule has 0 radical (unpaired) electrons. The van der Waals surface area contributed by atoms with E-state index in [-0.39, 0.29) is 17.6 Å². The van der Waals surface area contributed by atoms with Crippen molar-refractivity contribution in [2.75, 3.05) is 46.0 Å². The number of rotatable bonds is 7.